The molecule has 0 radical (unpaired) electrons. The SMILES string of the molecule is CC(C)(C)OC(=O)NC1CN(C#N)CCC(C(F)(F)F)(C(F)(F)F)C1. The highest BCUT2D eigenvalue weighted by molar-refractivity contribution is 5.68. The second-order valence-electron chi connectivity index (χ2n) is 6.92. The Kier molecular flexibility index (Phi) is 5.76. The number of ether oxygens (including phenoxy) is 1. The Bertz CT molecular complexity index is 519. The third-order valence-corrected chi connectivity index (χ3v) is 3.79. The van der Waals surface area contributed by atoms with Gasteiger partial charge in [0.15, 0.2) is 11.6 Å². The maximum Gasteiger partial charge on any atom is 0.407 e. The molecular weight excluding hydrogens is 356 g/mol. The first-order valence-corrected chi connectivity index (χ1v) is 7.39. The molecule has 11 heteroatoms. The number of nitrogens with one attached hydrogen (secondary N) is 1. The Labute approximate surface area is 140 Å². The first-order chi connectivity index (χ1) is 11.1. The third kappa shape index (κ3) is 5.06. The summed E-state index contributed by atoms with van der Waals surface area (Å²) in [5, 5.41) is 10.9. The lowest BCUT2D eigenvalue weighted by Crippen LogP contribution is -2.54. The number of carbonyl (C=O) groups is 1. The molecule has 1 rings (SSSR count). The summed E-state index contributed by atoms with van der Waals surface area (Å²) in [7, 11) is 0. The van der Waals surface area contributed by atoms with E-state index in [2.05, 4.69) is 0 Å². The summed E-state index contributed by atoms with van der Waals surface area (Å²) in [4.78, 5) is 12.5. The van der Waals surface area contributed by atoms with Crippen LogP contribution in [0.4, 0.5) is 31.1 Å². The van der Waals surface area contributed by atoms with Gasteiger partial charge in [0.05, 0.1) is 6.04 Å². The number of hydrogen-bond donors (Lipinski definition) is 1. The van der Waals surface area contributed by atoms with Gasteiger partial charge < -0.3 is 15.0 Å². The zero-order valence-electron chi connectivity index (χ0n) is 13.9. The number of amides is 1. The zero-order chi connectivity index (χ0) is 19.7. The van der Waals surface area contributed by atoms with Crippen molar-refractivity contribution >= 4 is 6.09 Å². The smallest absolute Gasteiger partial charge is 0.407 e. The van der Waals surface area contributed by atoms with Crippen LogP contribution in [0.3, 0.4) is 0 Å². The molecule has 1 aliphatic heterocycles. The Balaban J connectivity index is 3.15. The van der Waals surface area contributed by atoms with E-state index in [9.17, 15) is 31.1 Å². The second-order valence-corrected chi connectivity index (χ2v) is 6.92. The maximum atomic E-state index is 13.3. The van der Waals surface area contributed by atoms with Crippen LogP contribution in [0, 0.1) is 16.9 Å². The van der Waals surface area contributed by atoms with Gasteiger partial charge in [-0.15, -0.1) is 0 Å². The number of alkyl halides is 6. The van der Waals surface area contributed by atoms with E-state index in [1.807, 2.05) is 5.32 Å². The third-order valence-electron chi connectivity index (χ3n) is 3.79. The molecule has 1 amide bonds. The van der Waals surface area contributed by atoms with Crippen LogP contribution >= 0.6 is 0 Å². The topological polar surface area (TPSA) is 65.4 Å². The van der Waals surface area contributed by atoms with Gasteiger partial charge >= 0.3 is 18.4 Å². The summed E-state index contributed by atoms with van der Waals surface area (Å²) < 4.78 is 84.8. The predicted octanol–water partition coefficient (Wildman–Crippen LogP) is 3.57. The number of nitriles is 1. The lowest BCUT2D eigenvalue weighted by atomic mass is 9.77. The second kappa shape index (κ2) is 6.80. The molecule has 0 saturated carbocycles. The van der Waals surface area contributed by atoms with Crippen LogP contribution in [0.2, 0.25) is 0 Å². The lowest BCUT2D eigenvalue weighted by molar-refractivity contribution is -0.345. The van der Waals surface area contributed by atoms with Crippen LogP contribution in [0.5, 0.6) is 0 Å². The fourth-order valence-corrected chi connectivity index (χ4v) is 2.61. The number of carbonyl (C=O) groups excluding carboxylic acids is 1. The van der Waals surface area contributed by atoms with Gasteiger partial charge in [-0.25, -0.2) is 4.79 Å². The summed E-state index contributed by atoms with van der Waals surface area (Å²) >= 11 is 0. The van der Waals surface area contributed by atoms with Crippen LogP contribution in [0.15, 0.2) is 0 Å². The Morgan fingerprint density at radius 1 is 1.20 bits per heavy atom. The van der Waals surface area contributed by atoms with Gasteiger partial charge in [0.25, 0.3) is 0 Å². The van der Waals surface area contributed by atoms with Crippen LogP contribution in [-0.4, -0.2) is 48.1 Å². The molecule has 5 nitrogen and oxygen atoms in total. The molecule has 1 heterocycles. The monoisotopic (exact) mass is 375 g/mol. The number of alkyl carbamates (subject to hydrolysis) is 1. The standard InChI is InChI=1S/C14H19F6N3O2/c1-11(2,3)25-10(24)22-9-6-12(13(15,16)17,14(18,19)20)4-5-23(7-9)8-21/h9H,4-7H2,1-3H3,(H,22,24). The van der Waals surface area contributed by atoms with Gasteiger partial charge in [-0.1, -0.05) is 0 Å². The normalized spacial score (nSPS) is 21.9. The molecular formula is C14H19F6N3O2. The highest BCUT2D eigenvalue weighted by atomic mass is 19.4. The molecule has 1 saturated heterocycles. The number of likely N-dealkylation sites (tertiary alicyclic amines) is 1. The maximum absolute atomic E-state index is 13.3. The van der Waals surface area contributed by atoms with Crippen molar-refractivity contribution in [2.45, 2.75) is 57.6 Å². The number of nitrogens with zero attached hydrogens (tertiary/aromatic N) is 2. The largest absolute Gasteiger partial charge is 0.444 e. The number of halogens is 6. The summed E-state index contributed by atoms with van der Waals surface area (Å²) in [6.07, 6.45) is -13.5. The predicted molar refractivity (Wildman–Crippen MR) is 74.1 cm³/mol. The lowest BCUT2D eigenvalue weighted by Gasteiger charge is -2.38. The average Bonchev–Trinajstić information content (AvgIpc) is 2.55. The highest BCUT2D eigenvalue weighted by Crippen LogP contribution is 2.56. The van der Waals surface area contributed by atoms with Crippen molar-refractivity contribution in [3.05, 3.63) is 0 Å². The molecule has 0 bridgehead atoms. The molecule has 1 atom stereocenters. The fraction of sp³-hybridized carbons (Fsp3) is 0.857. The first-order valence-electron chi connectivity index (χ1n) is 7.39. The van der Waals surface area contributed by atoms with E-state index in [0.717, 1.165) is 4.90 Å². The molecule has 0 aromatic carbocycles. The molecule has 0 aromatic heterocycles. The van der Waals surface area contributed by atoms with E-state index in [1.54, 1.807) is 6.19 Å². The van der Waals surface area contributed by atoms with Gasteiger partial charge in [-0.05, 0) is 33.6 Å². The Morgan fingerprint density at radius 2 is 1.72 bits per heavy atom. The van der Waals surface area contributed by atoms with Crippen LogP contribution in [0.1, 0.15) is 33.6 Å². The quantitative estimate of drug-likeness (QED) is 0.562. The molecule has 0 aliphatic carbocycles. The van der Waals surface area contributed by atoms with Crippen molar-refractivity contribution < 1.29 is 35.9 Å². The van der Waals surface area contributed by atoms with Crippen molar-refractivity contribution in [2.24, 2.45) is 5.41 Å². The van der Waals surface area contributed by atoms with E-state index >= 15 is 0 Å². The summed E-state index contributed by atoms with van der Waals surface area (Å²) in [5.41, 5.74) is -4.99. The minimum atomic E-state index is -5.58. The van der Waals surface area contributed by atoms with E-state index < -0.39 is 61.4 Å². The van der Waals surface area contributed by atoms with E-state index in [4.69, 9.17) is 10.00 Å². The van der Waals surface area contributed by atoms with Gasteiger partial charge in [-0.3, -0.25) is 0 Å². The molecule has 0 aromatic rings. The van der Waals surface area contributed by atoms with Crippen molar-refractivity contribution in [1.29, 1.82) is 5.26 Å². The van der Waals surface area contributed by atoms with Crippen molar-refractivity contribution in [2.75, 3.05) is 13.1 Å². The minimum Gasteiger partial charge on any atom is -0.444 e. The van der Waals surface area contributed by atoms with Crippen LogP contribution < -0.4 is 5.32 Å². The van der Waals surface area contributed by atoms with Crippen molar-refractivity contribution in [3.8, 4) is 6.19 Å². The van der Waals surface area contributed by atoms with E-state index in [1.165, 1.54) is 20.8 Å². The Hall–Kier alpha value is -1.86. The van der Waals surface area contributed by atoms with Crippen LogP contribution in [0.25, 0.3) is 0 Å². The Morgan fingerprint density at radius 3 is 2.12 bits per heavy atom. The minimum absolute atomic E-state index is 0.469. The van der Waals surface area contributed by atoms with Gasteiger partial charge in [0.2, 0.25) is 0 Å². The molecule has 1 unspecified atom stereocenters. The average molecular weight is 375 g/mol. The molecule has 1 aliphatic rings. The molecule has 144 valence electrons. The highest BCUT2D eigenvalue weighted by Gasteiger charge is 2.71. The number of hydrogen-bond acceptors (Lipinski definition) is 4. The molecule has 25 heavy (non-hydrogen) atoms. The zero-order valence-corrected chi connectivity index (χ0v) is 13.9. The van der Waals surface area contributed by atoms with Crippen LogP contribution in [-0.2, 0) is 4.74 Å². The summed E-state index contributed by atoms with van der Waals surface area (Å²) in [6.45, 7) is 3.30. The van der Waals surface area contributed by atoms with E-state index in [0.29, 0.717) is 0 Å². The molecule has 1 N–H and O–H groups in total. The summed E-state index contributed by atoms with van der Waals surface area (Å²) in [5.74, 6) is 0. The fourth-order valence-electron chi connectivity index (χ4n) is 2.61. The van der Waals surface area contributed by atoms with Crippen molar-refractivity contribution in [3.63, 3.8) is 0 Å². The molecule has 0 spiro atoms. The van der Waals surface area contributed by atoms with Gasteiger partial charge in [-0.2, -0.15) is 31.6 Å². The number of rotatable bonds is 1. The summed E-state index contributed by atoms with van der Waals surface area (Å²) in [6, 6.07) is -1.56. The van der Waals surface area contributed by atoms with E-state index in [-0.39, 0.29) is 0 Å². The van der Waals surface area contributed by atoms with Crippen molar-refractivity contribution in [1.82, 2.24) is 10.2 Å². The van der Waals surface area contributed by atoms with Gasteiger partial charge in [0.1, 0.15) is 5.60 Å². The van der Waals surface area contributed by atoms with Gasteiger partial charge in [0, 0.05) is 13.1 Å². The molecule has 1 fully saturated rings. The first kappa shape index (κ1) is 21.2.